The van der Waals surface area contributed by atoms with Crippen molar-refractivity contribution in [1.29, 1.82) is 0 Å². The lowest BCUT2D eigenvalue weighted by Crippen LogP contribution is -2.36. The van der Waals surface area contributed by atoms with Gasteiger partial charge >= 0.3 is 0 Å². The fourth-order valence-electron chi connectivity index (χ4n) is 3.14. The Morgan fingerprint density at radius 1 is 1.26 bits per heavy atom. The van der Waals surface area contributed by atoms with Gasteiger partial charge in [0, 0.05) is 17.8 Å². The maximum absolute atomic E-state index is 12.7. The number of amides is 2. The van der Waals surface area contributed by atoms with Crippen LogP contribution in [0.25, 0.3) is 0 Å². The molecule has 1 aliphatic heterocycles. The molecule has 2 aromatic heterocycles. The number of carbonyl (C=O) groups is 2. The van der Waals surface area contributed by atoms with Gasteiger partial charge in [-0.25, -0.2) is 4.98 Å². The molecule has 5 nitrogen and oxygen atoms in total. The van der Waals surface area contributed by atoms with E-state index in [1.807, 2.05) is 41.5 Å². The van der Waals surface area contributed by atoms with Gasteiger partial charge in [-0.15, -0.1) is 11.3 Å². The van der Waals surface area contributed by atoms with Gasteiger partial charge in [0.05, 0.1) is 23.5 Å². The Labute approximate surface area is 165 Å². The number of aromatic nitrogens is 1. The fraction of sp³-hybridized carbons (Fsp3) is 0.250. The first-order valence-corrected chi connectivity index (χ1v) is 10.4. The monoisotopic (exact) mass is 397 g/mol. The van der Waals surface area contributed by atoms with E-state index in [1.54, 1.807) is 6.07 Å². The highest BCUT2D eigenvalue weighted by atomic mass is 32.1. The molecule has 1 aromatic carbocycles. The zero-order valence-electron chi connectivity index (χ0n) is 14.9. The summed E-state index contributed by atoms with van der Waals surface area (Å²) in [7, 11) is 0. The minimum atomic E-state index is -0.136. The van der Waals surface area contributed by atoms with Gasteiger partial charge in [-0.1, -0.05) is 47.2 Å². The number of thiazole rings is 1. The molecule has 0 bridgehead atoms. The maximum atomic E-state index is 12.7. The highest BCUT2D eigenvalue weighted by Gasteiger charge is 2.24. The Hall–Kier alpha value is -2.51. The van der Waals surface area contributed by atoms with Gasteiger partial charge in [0.1, 0.15) is 0 Å². The lowest BCUT2D eigenvalue weighted by atomic mass is 10.1. The summed E-state index contributed by atoms with van der Waals surface area (Å²) < 4.78 is 0. The molecule has 0 saturated heterocycles. The Kier molecular flexibility index (Phi) is 5.05. The first kappa shape index (κ1) is 17.9. The molecular formula is C20H19N3O2S2. The average Bonchev–Trinajstić information content (AvgIpc) is 3.30. The molecule has 3 aromatic rings. The average molecular weight is 398 g/mol. The van der Waals surface area contributed by atoms with E-state index < -0.39 is 0 Å². The lowest BCUT2D eigenvalue weighted by molar-refractivity contribution is -0.131. The third kappa shape index (κ3) is 4.09. The van der Waals surface area contributed by atoms with Crippen LogP contribution >= 0.6 is 22.7 Å². The molecule has 0 radical (unpaired) electrons. The zero-order valence-corrected chi connectivity index (χ0v) is 16.5. The van der Waals surface area contributed by atoms with E-state index in [2.05, 4.69) is 16.4 Å². The molecular weight excluding hydrogens is 378 g/mol. The minimum absolute atomic E-state index is 0.129. The summed E-state index contributed by atoms with van der Waals surface area (Å²) in [6.45, 7) is 3.26. The number of thiophene rings is 1. The van der Waals surface area contributed by atoms with E-state index in [0.717, 1.165) is 28.1 Å². The summed E-state index contributed by atoms with van der Waals surface area (Å²) in [6.07, 6.45) is 1.14. The molecule has 1 aliphatic rings. The van der Waals surface area contributed by atoms with Crippen LogP contribution in [-0.4, -0.2) is 28.2 Å². The van der Waals surface area contributed by atoms with Crippen LogP contribution in [0, 0.1) is 6.92 Å². The molecule has 0 fully saturated rings. The Morgan fingerprint density at radius 2 is 2.15 bits per heavy atom. The SMILES string of the molecule is Cc1cccc(CC(=O)N2CCc3nc(NC(=O)c4cccs4)sc3C2)c1. The molecule has 138 valence electrons. The Balaban J connectivity index is 1.41. The Bertz CT molecular complexity index is 979. The highest BCUT2D eigenvalue weighted by molar-refractivity contribution is 7.16. The molecule has 0 unspecified atom stereocenters. The summed E-state index contributed by atoms with van der Waals surface area (Å²) in [5, 5.41) is 5.34. The first-order valence-electron chi connectivity index (χ1n) is 8.75. The predicted molar refractivity (Wildman–Crippen MR) is 108 cm³/mol. The van der Waals surface area contributed by atoms with Crippen LogP contribution in [0.3, 0.4) is 0 Å². The van der Waals surface area contributed by atoms with Crippen molar-refractivity contribution in [2.45, 2.75) is 26.3 Å². The minimum Gasteiger partial charge on any atom is -0.337 e. The number of anilines is 1. The second-order valence-corrected chi connectivity index (χ2v) is 8.58. The number of benzene rings is 1. The summed E-state index contributed by atoms with van der Waals surface area (Å²) in [4.78, 5) is 33.0. The third-order valence-electron chi connectivity index (χ3n) is 4.49. The molecule has 0 saturated carbocycles. The highest BCUT2D eigenvalue weighted by Crippen LogP contribution is 2.29. The van der Waals surface area contributed by atoms with Crippen molar-refractivity contribution in [2.75, 3.05) is 11.9 Å². The topological polar surface area (TPSA) is 62.3 Å². The molecule has 0 aliphatic carbocycles. The molecule has 27 heavy (non-hydrogen) atoms. The van der Waals surface area contributed by atoms with Crippen LogP contribution in [0.4, 0.5) is 5.13 Å². The van der Waals surface area contributed by atoms with Crippen molar-refractivity contribution in [2.24, 2.45) is 0 Å². The van der Waals surface area contributed by atoms with Crippen molar-refractivity contribution in [3.63, 3.8) is 0 Å². The number of aryl methyl sites for hydroxylation is 1. The van der Waals surface area contributed by atoms with Gasteiger partial charge in [-0.05, 0) is 23.9 Å². The van der Waals surface area contributed by atoms with E-state index in [4.69, 9.17) is 0 Å². The van der Waals surface area contributed by atoms with Crippen molar-refractivity contribution in [1.82, 2.24) is 9.88 Å². The van der Waals surface area contributed by atoms with Gasteiger partial charge in [0.2, 0.25) is 5.91 Å². The van der Waals surface area contributed by atoms with E-state index >= 15 is 0 Å². The smallest absolute Gasteiger partial charge is 0.267 e. The fourth-order valence-corrected chi connectivity index (χ4v) is 4.77. The number of nitrogens with zero attached hydrogens (tertiary/aromatic N) is 2. The van der Waals surface area contributed by atoms with Crippen molar-refractivity contribution >= 4 is 39.6 Å². The normalized spacial score (nSPS) is 13.3. The second-order valence-electron chi connectivity index (χ2n) is 6.55. The van der Waals surface area contributed by atoms with Crippen LogP contribution < -0.4 is 5.32 Å². The van der Waals surface area contributed by atoms with Crippen LogP contribution in [0.15, 0.2) is 41.8 Å². The predicted octanol–water partition coefficient (Wildman–Crippen LogP) is 3.89. The third-order valence-corrected chi connectivity index (χ3v) is 6.35. The van der Waals surface area contributed by atoms with Crippen LogP contribution in [0.2, 0.25) is 0 Å². The molecule has 0 spiro atoms. The number of rotatable bonds is 4. The van der Waals surface area contributed by atoms with E-state index in [-0.39, 0.29) is 11.8 Å². The van der Waals surface area contributed by atoms with E-state index in [9.17, 15) is 9.59 Å². The number of hydrogen-bond donors (Lipinski definition) is 1. The van der Waals surface area contributed by atoms with Crippen molar-refractivity contribution in [3.05, 3.63) is 68.4 Å². The van der Waals surface area contributed by atoms with Crippen LogP contribution in [-0.2, 0) is 24.2 Å². The summed E-state index contributed by atoms with van der Waals surface area (Å²) in [6, 6.07) is 11.7. The van der Waals surface area contributed by atoms with E-state index in [0.29, 0.717) is 29.5 Å². The van der Waals surface area contributed by atoms with Crippen molar-refractivity contribution < 1.29 is 9.59 Å². The van der Waals surface area contributed by atoms with E-state index in [1.165, 1.54) is 22.7 Å². The first-order chi connectivity index (χ1) is 13.1. The van der Waals surface area contributed by atoms with Gasteiger partial charge in [0.25, 0.3) is 5.91 Å². The van der Waals surface area contributed by atoms with Gasteiger partial charge in [-0.3, -0.25) is 14.9 Å². The van der Waals surface area contributed by atoms with Gasteiger partial charge in [-0.2, -0.15) is 0 Å². The molecule has 4 rings (SSSR count). The summed E-state index contributed by atoms with van der Waals surface area (Å²) >= 11 is 2.86. The standard InChI is InChI=1S/C20H19N3O2S2/c1-13-4-2-5-14(10-13)11-18(24)23-8-7-15-17(12-23)27-20(21-15)22-19(25)16-6-3-9-26-16/h2-6,9-10H,7-8,11-12H2,1H3,(H,21,22,25). The number of nitrogens with one attached hydrogen (secondary N) is 1. The molecule has 3 heterocycles. The number of carbonyl (C=O) groups excluding carboxylic acids is 2. The van der Waals surface area contributed by atoms with Crippen LogP contribution in [0.5, 0.6) is 0 Å². The van der Waals surface area contributed by atoms with Crippen LogP contribution in [0.1, 0.15) is 31.4 Å². The number of hydrogen-bond acceptors (Lipinski definition) is 5. The van der Waals surface area contributed by atoms with Crippen molar-refractivity contribution in [3.8, 4) is 0 Å². The Morgan fingerprint density at radius 3 is 2.93 bits per heavy atom. The summed E-state index contributed by atoms with van der Waals surface area (Å²) in [5.74, 6) is -0.00713. The zero-order chi connectivity index (χ0) is 18.8. The lowest BCUT2D eigenvalue weighted by Gasteiger charge is -2.26. The molecule has 0 atom stereocenters. The van der Waals surface area contributed by atoms with Gasteiger partial charge < -0.3 is 4.90 Å². The summed E-state index contributed by atoms with van der Waals surface area (Å²) in [5.41, 5.74) is 3.19. The molecule has 2 amide bonds. The molecule has 1 N–H and O–H groups in total. The second kappa shape index (κ2) is 7.62. The largest absolute Gasteiger partial charge is 0.337 e. The van der Waals surface area contributed by atoms with Gasteiger partial charge in [0.15, 0.2) is 5.13 Å². The quantitative estimate of drug-likeness (QED) is 0.726. The maximum Gasteiger partial charge on any atom is 0.267 e. The number of fused-ring (bicyclic) bond motifs is 1. The molecule has 7 heteroatoms.